The van der Waals surface area contributed by atoms with Gasteiger partial charge in [-0.25, -0.2) is 4.68 Å². The Hall–Kier alpha value is -3.05. The van der Waals surface area contributed by atoms with Crippen molar-refractivity contribution in [2.24, 2.45) is 0 Å². The van der Waals surface area contributed by atoms with Crippen LogP contribution in [0, 0.1) is 0 Å². The maximum Gasteiger partial charge on any atom is 0.416 e. The van der Waals surface area contributed by atoms with Gasteiger partial charge in [-0.05, 0) is 42.5 Å². The Bertz CT molecular complexity index is 1240. The first-order chi connectivity index (χ1) is 14.9. The van der Waals surface area contributed by atoms with Gasteiger partial charge in [0.1, 0.15) is 5.01 Å². The van der Waals surface area contributed by atoms with E-state index in [0.29, 0.717) is 21.4 Å². The fraction of sp³-hybridized carbons (Fsp3) is 0.200. The average molecular weight is 461 g/mol. The predicted octanol–water partition coefficient (Wildman–Crippen LogP) is 5.60. The van der Waals surface area contributed by atoms with Gasteiger partial charge in [-0.15, -0.1) is 10.2 Å². The second-order valence-corrected chi connectivity index (χ2v) is 8.81. The second-order valence-electron chi connectivity index (χ2n) is 7.06. The van der Waals surface area contributed by atoms with Crippen LogP contribution in [0.4, 0.5) is 18.3 Å². The smallest absolute Gasteiger partial charge is 0.296 e. The summed E-state index contributed by atoms with van der Waals surface area (Å²) in [5.41, 5.74) is 1.38. The topological polar surface area (TPSA) is 72.7 Å². The summed E-state index contributed by atoms with van der Waals surface area (Å²) in [4.78, 5) is 12.9. The zero-order chi connectivity index (χ0) is 21.6. The van der Waals surface area contributed by atoms with Gasteiger partial charge < -0.3 is 0 Å². The molecule has 5 rings (SSSR count). The van der Waals surface area contributed by atoms with Gasteiger partial charge in [0.05, 0.1) is 28.7 Å². The van der Waals surface area contributed by atoms with Crippen molar-refractivity contribution in [3.63, 3.8) is 0 Å². The molecule has 0 aliphatic heterocycles. The molecule has 4 aromatic rings. The Labute approximate surface area is 182 Å². The molecule has 0 spiro atoms. The van der Waals surface area contributed by atoms with Gasteiger partial charge in [0.25, 0.3) is 5.91 Å². The van der Waals surface area contributed by atoms with Gasteiger partial charge in [-0.1, -0.05) is 17.4 Å². The molecule has 0 saturated heterocycles. The highest BCUT2D eigenvalue weighted by molar-refractivity contribution is 7.19. The van der Waals surface area contributed by atoms with E-state index in [1.165, 1.54) is 39.6 Å². The third-order valence-electron chi connectivity index (χ3n) is 4.85. The Kier molecular flexibility index (Phi) is 4.86. The predicted molar refractivity (Wildman–Crippen MR) is 112 cm³/mol. The summed E-state index contributed by atoms with van der Waals surface area (Å²) in [6.45, 7) is 0. The summed E-state index contributed by atoms with van der Waals surface area (Å²) < 4.78 is 40.8. The Morgan fingerprint density at radius 3 is 2.74 bits per heavy atom. The summed E-state index contributed by atoms with van der Waals surface area (Å²) in [5, 5.41) is 20.0. The number of halogens is 3. The van der Waals surface area contributed by atoms with E-state index in [1.807, 2.05) is 16.8 Å². The summed E-state index contributed by atoms with van der Waals surface area (Å²) in [7, 11) is 0. The number of nitrogens with one attached hydrogen (secondary N) is 1. The SMILES string of the molecule is O=C(Nc1nnc(-c2ccsc2)s1)c1cnn(-c2cccc(C(F)(F)F)c2)c1C1CC1. The molecule has 31 heavy (non-hydrogen) atoms. The molecular weight excluding hydrogens is 447 g/mol. The summed E-state index contributed by atoms with van der Waals surface area (Å²) in [6.07, 6.45) is -1.36. The summed E-state index contributed by atoms with van der Waals surface area (Å²) in [6, 6.07) is 6.86. The standard InChI is InChI=1S/C20H14F3N5OS2/c21-20(22,23)13-2-1-3-14(8-13)28-16(11-4-5-11)15(9-24-28)17(29)25-19-27-26-18(31-19)12-6-7-30-10-12/h1-3,6-11H,4-5H2,(H,25,27,29). The molecule has 1 fully saturated rings. The van der Waals surface area contributed by atoms with E-state index in [2.05, 4.69) is 20.6 Å². The molecule has 0 atom stereocenters. The molecule has 1 aliphatic rings. The highest BCUT2D eigenvalue weighted by atomic mass is 32.1. The minimum absolute atomic E-state index is 0.0774. The zero-order valence-electron chi connectivity index (χ0n) is 15.8. The van der Waals surface area contributed by atoms with Crippen molar-refractivity contribution in [3.8, 4) is 16.3 Å². The van der Waals surface area contributed by atoms with Crippen LogP contribution in [-0.4, -0.2) is 25.9 Å². The molecular formula is C20H14F3N5OS2. The van der Waals surface area contributed by atoms with E-state index < -0.39 is 17.6 Å². The van der Waals surface area contributed by atoms with Crippen LogP contribution in [0.2, 0.25) is 0 Å². The molecule has 1 amide bonds. The number of alkyl halides is 3. The molecule has 0 radical (unpaired) electrons. The second kappa shape index (κ2) is 7.57. The Morgan fingerprint density at radius 2 is 2.03 bits per heavy atom. The van der Waals surface area contributed by atoms with E-state index in [1.54, 1.807) is 6.07 Å². The van der Waals surface area contributed by atoms with E-state index in [-0.39, 0.29) is 11.6 Å². The van der Waals surface area contributed by atoms with E-state index in [4.69, 9.17) is 0 Å². The first kappa shape index (κ1) is 19.9. The van der Waals surface area contributed by atoms with Crippen molar-refractivity contribution in [1.29, 1.82) is 0 Å². The van der Waals surface area contributed by atoms with Gasteiger partial charge in [0, 0.05) is 16.9 Å². The minimum atomic E-state index is -4.46. The lowest BCUT2D eigenvalue weighted by atomic mass is 10.1. The van der Waals surface area contributed by atoms with Gasteiger partial charge in [-0.2, -0.15) is 29.6 Å². The molecule has 1 aromatic carbocycles. The number of hydrogen-bond donors (Lipinski definition) is 1. The fourth-order valence-electron chi connectivity index (χ4n) is 3.24. The first-order valence-corrected chi connectivity index (χ1v) is 11.1. The number of anilines is 1. The molecule has 0 unspecified atom stereocenters. The van der Waals surface area contributed by atoms with Gasteiger partial charge >= 0.3 is 6.18 Å². The average Bonchev–Trinajstić information content (AvgIpc) is 3.15. The van der Waals surface area contributed by atoms with Crippen molar-refractivity contribution in [3.05, 3.63) is 64.1 Å². The maximum absolute atomic E-state index is 13.1. The zero-order valence-corrected chi connectivity index (χ0v) is 17.4. The number of nitrogens with zero attached hydrogens (tertiary/aromatic N) is 4. The van der Waals surface area contributed by atoms with E-state index in [0.717, 1.165) is 30.5 Å². The third kappa shape index (κ3) is 3.98. The summed E-state index contributed by atoms with van der Waals surface area (Å²) in [5.74, 6) is -0.332. The number of rotatable bonds is 5. The van der Waals surface area contributed by atoms with E-state index >= 15 is 0 Å². The monoisotopic (exact) mass is 461 g/mol. The van der Waals surface area contributed by atoms with Crippen LogP contribution in [0.15, 0.2) is 47.3 Å². The lowest BCUT2D eigenvalue weighted by Crippen LogP contribution is -2.14. The van der Waals surface area contributed by atoms with Crippen molar-refractivity contribution >= 4 is 33.7 Å². The van der Waals surface area contributed by atoms with Gasteiger partial charge in [-0.3, -0.25) is 10.1 Å². The third-order valence-corrected chi connectivity index (χ3v) is 6.42. The van der Waals surface area contributed by atoms with Crippen molar-refractivity contribution in [2.45, 2.75) is 24.9 Å². The highest BCUT2D eigenvalue weighted by Gasteiger charge is 2.34. The number of carbonyl (C=O) groups is 1. The molecule has 3 heterocycles. The van der Waals surface area contributed by atoms with Crippen LogP contribution in [-0.2, 0) is 6.18 Å². The number of benzene rings is 1. The molecule has 6 nitrogen and oxygen atoms in total. The van der Waals surface area contributed by atoms with Crippen LogP contribution in [0.5, 0.6) is 0 Å². The largest absolute Gasteiger partial charge is 0.416 e. The van der Waals surface area contributed by atoms with Crippen molar-refractivity contribution < 1.29 is 18.0 Å². The maximum atomic E-state index is 13.1. The molecule has 0 bridgehead atoms. The number of amides is 1. The normalized spacial score (nSPS) is 14.0. The molecule has 1 aliphatic carbocycles. The fourth-order valence-corrected chi connectivity index (χ4v) is 4.69. The Morgan fingerprint density at radius 1 is 1.19 bits per heavy atom. The highest BCUT2D eigenvalue weighted by Crippen LogP contribution is 2.43. The van der Waals surface area contributed by atoms with E-state index in [9.17, 15) is 18.0 Å². The lowest BCUT2D eigenvalue weighted by Gasteiger charge is -2.12. The Balaban J connectivity index is 1.44. The van der Waals surface area contributed by atoms with Gasteiger partial charge in [0.15, 0.2) is 0 Å². The van der Waals surface area contributed by atoms with Crippen LogP contribution < -0.4 is 5.32 Å². The van der Waals surface area contributed by atoms with Crippen LogP contribution >= 0.6 is 22.7 Å². The number of aromatic nitrogens is 4. The lowest BCUT2D eigenvalue weighted by molar-refractivity contribution is -0.137. The molecule has 1 saturated carbocycles. The van der Waals surface area contributed by atoms with Crippen LogP contribution in [0.3, 0.4) is 0 Å². The van der Waals surface area contributed by atoms with Crippen molar-refractivity contribution in [1.82, 2.24) is 20.0 Å². The number of carbonyl (C=O) groups excluding carboxylic acids is 1. The molecule has 158 valence electrons. The number of hydrogen-bond acceptors (Lipinski definition) is 6. The molecule has 1 N–H and O–H groups in total. The van der Waals surface area contributed by atoms with Crippen molar-refractivity contribution in [2.75, 3.05) is 5.32 Å². The van der Waals surface area contributed by atoms with Crippen LogP contribution in [0.1, 0.15) is 40.4 Å². The molecule has 3 aromatic heterocycles. The van der Waals surface area contributed by atoms with Crippen LogP contribution in [0.25, 0.3) is 16.3 Å². The molecule has 11 heteroatoms. The van der Waals surface area contributed by atoms with Gasteiger partial charge in [0.2, 0.25) is 5.13 Å². The number of thiophene rings is 1. The first-order valence-electron chi connectivity index (χ1n) is 9.33. The minimum Gasteiger partial charge on any atom is -0.296 e. The summed E-state index contributed by atoms with van der Waals surface area (Å²) >= 11 is 2.79. The quantitative estimate of drug-likeness (QED) is 0.420.